The third kappa shape index (κ3) is 13.1. The number of amides is 6. The number of carbonyl (C=O) groups is 6. The van der Waals surface area contributed by atoms with Crippen LogP contribution in [0.25, 0.3) is 10.9 Å². The number of hydrogen-bond acceptors (Lipinski definition) is 8. The smallest absolute Gasteiger partial charge is 0.243 e. The van der Waals surface area contributed by atoms with E-state index in [1.54, 1.807) is 18.0 Å². The first-order valence-corrected chi connectivity index (χ1v) is 23.6. The van der Waals surface area contributed by atoms with Gasteiger partial charge in [0.1, 0.15) is 30.2 Å². The molecule has 0 saturated carbocycles. The van der Waals surface area contributed by atoms with E-state index in [1.807, 2.05) is 100 Å². The molecule has 334 valence electrons. The second kappa shape index (κ2) is 21.6. The number of nitrogens with zero attached hydrogens (tertiary/aromatic N) is 1. The number of halogens is 1. The highest BCUT2D eigenvalue weighted by Gasteiger charge is 2.49. The Balaban J connectivity index is 1.79. The molecule has 2 aromatic rings. The minimum absolute atomic E-state index is 0.0208. The van der Waals surface area contributed by atoms with Gasteiger partial charge in [-0.2, -0.15) is 6.20 Å². The summed E-state index contributed by atoms with van der Waals surface area (Å²) < 4.78 is -0.573. The zero-order valence-corrected chi connectivity index (χ0v) is 40.1. The average Bonchev–Trinajstić information content (AvgIpc) is 3.72. The Morgan fingerprint density at radius 3 is 1.98 bits per heavy atom. The van der Waals surface area contributed by atoms with Gasteiger partial charge in [-0.3, -0.25) is 34.1 Å². The Morgan fingerprint density at radius 1 is 0.750 bits per heavy atom. The van der Waals surface area contributed by atoms with E-state index in [9.17, 15) is 28.8 Å². The summed E-state index contributed by atoms with van der Waals surface area (Å²) in [6, 6.07) is 1.84. The van der Waals surface area contributed by atoms with Crippen molar-refractivity contribution in [2.45, 2.75) is 165 Å². The maximum Gasteiger partial charge on any atom is 0.243 e. The van der Waals surface area contributed by atoms with Gasteiger partial charge in [0.05, 0.1) is 11.4 Å². The Hall–Kier alpha value is -3.38. The molecule has 3 heterocycles. The number of fused-ring (bicyclic) bond motifs is 3. The maximum absolute atomic E-state index is 14.4. The summed E-state index contributed by atoms with van der Waals surface area (Å²) >= 11 is 3.79. The minimum atomic E-state index is -1.10. The van der Waals surface area contributed by atoms with Crippen molar-refractivity contribution in [1.29, 1.82) is 0 Å². The van der Waals surface area contributed by atoms with Gasteiger partial charge in [-0.05, 0) is 55.7 Å². The van der Waals surface area contributed by atoms with E-state index in [1.165, 1.54) is 0 Å². The minimum Gasteiger partial charge on any atom is -0.663 e. The van der Waals surface area contributed by atoms with E-state index in [0.29, 0.717) is 12.8 Å². The van der Waals surface area contributed by atoms with Crippen LogP contribution in [0.1, 0.15) is 107 Å². The zero-order valence-electron chi connectivity index (χ0n) is 37.1. The summed E-state index contributed by atoms with van der Waals surface area (Å²) in [5.74, 6) is -3.22. The number of aromatic nitrogens is 1. The number of hydrogen-bond donors (Lipinski definition) is 7. The molecule has 14 nitrogen and oxygen atoms in total. The van der Waals surface area contributed by atoms with Gasteiger partial charge in [-0.25, -0.2) is 0 Å². The average molecular weight is 964 g/mol. The number of nitrogens with one attached hydrogen (secondary N) is 7. The van der Waals surface area contributed by atoms with Crippen LogP contribution in [0.5, 0.6) is 0 Å². The van der Waals surface area contributed by atoms with Gasteiger partial charge in [0.25, 0.3) is 0 Å². The standard InChI is InChI=1S/C44H68IN8O6S/c1-12-25(8)30-20-34(54)47-33(19-27-21-46-29-16-14-13-15-28(27)29)38(55)49-31(17-22(2)3)39(56)51-35(23(4)5)41(58)50-32(18-26(9)45)40(57)52-36(24(6)7)43-53-37(42(59)48-30)44(10,11)60-43/h13-16,21-26,30-33,35-37,43,53H,12,17-20H2,1-11H3,(H,47,54)(H,48,59)(H,49,55)(H,50,58)(H,51,56)(H,52,57)/q-1. The second-order valence-electron chi connectivity index (χ2n) is 18.3. The van der Waals surface area contributed by atoms with Crippen molar-refractivity contribution >= 4 is 80.7 Å². The predicted molar refractivity (Wildman–Crippen MR) is 246 cm³/mol. The Morgan fingerprint density at radius 2 is 1.37 bits per heavy atom. The van der Waals surface area contributed by atoms with Crippen LogP contribution in [-0.2, 0) is 35.2 Å². The number of thioether (sulfide) groups is 1. The molecule has 60 heavy (non-hydrogen) atoms. The molecule has 0 aliphatic carbocycles. The highest BCUT2D eigenvalue weighted by molar-refractivity contribution is 14.1. The largest absolute Gasteiger partial charge is 0.663 e. The lowest BCUT2D eigenvalue weighted by Gasteiger charge is -2.32. The first-order chi connectivity index (χ1) is 28.1. The van der Waals surface area contributed by atoms with Crippen LogP contribution in [0, 0.1) is 23.7 Å². The molecule has 1 aromatic carbocycles. The van der Waals surface area contributed by atoms with Crippen molar-refractivity contribution in [3.63, 3.8) is 0 Å². The summed E-state index contributed by atoms with van der Waals surface area (Å²) in [6.07, 6.45) is 2.98. The number of alkyl halides is 1. The number of carbonyl (C=O) groups excluding carboxylic acids is 6. The number of benzene rings is 1. The molecule has 6 amide bonds. The van der Waals surface area contributed by atoms with Crippen molar-refractivity contribution in [1.82, 2.24) is 42.2 Å². The molecule has 10 atom stereocenters. The van der Waals surface area contributed by atoms with Gasteiger partial charge in [0.15, 0.2) is 0 Å². The van der Waals surface area contributed by atoms with Crippen LogP contribution in [-0.4, -0.2) is 91.8 Å². The molecule has 0 spiro atoms. The molecular weight excluding hydrogens is 896 g/mol. The first-order valence-electron chi connectivity index (χ1n) is 21.5. The van der Waals surface area contributed by atoms with E-state index < -0.39 is 70.7 Å². The van der Waals surface area contributed by atoms with E-state index >= 15 is 0 Å². The Kier molecular flexibility index (Phi) is 17.8. The third-order valence-electron chi connectivity index (χ3n) is 11.6. The summed E-state index contributed by atoms with van der Waals surface area (Å²) in [7, 11) is 0. The predicted octanol–water partition coefficient (Wildman–Crippen LogP) is 4.08. The summed E-state index contributed by atoms with van der Waals surface area (Å²) in [6.45, 7) is 21.4. The van der Waals surface area contributed by atoms with Crippen molar-refractivity contribution in [3.05, 3.63) is 36.0 Å². The number of para-hydroxylation sites is 1. The third-order valence-corrected chi connectivity index (χ3v) is 13.6. The van der Waals surface area contributed by atoms with Crippen molar-refractivity contribution in [2.75, 3.05) is 0 Å². The molecule has 4 rings (SSSR count). The van der Waals surface area contributed by atoms with Gasteiger partial charge < -0.3 is 36.9 Å². The van der Waals surface area contributed by atoms with E-state index in [2.05, 4.69) is 64.8 Å². The van der Waals surface area contributed by atoms with Crippen LogP contribution in [0.3, 0.4) is 0 Å². The lowest BCUT2D eigenvalue weighted by Crippen LogP contribution is -2.61. The fourth-order valence-corrected chi connectivity index (χ4v) is 10.1. The quantitative estimate of drug-likeness (QED) is 0.136. The van der Waals surface area contributed by atoms with Gasteiger partial charge >= 0.3 is 0 Å². The lowest BCUT2D eigenvalue weighted by atomic mass is 9.93. The lowest BCUT2D eigenvalue weighted by molar-refractivity contribution is -0.135. The van der Waals surface area contributed by atoms with Gasteiger partial charge in [0.2, 0.25) is 35.4 Å². The van der Waals surface area contributed by atoms with Crippen LogP contribution < -0.4 is 42.2 Å². The first kappa shape index (κ1) is 49.3. The van der Waals surface area contributed by atoms with E-state index in [-0.39, 0.29) is 64.0 Å². The Bertz CT molecular complexity index is 1830. The molecule has 7 N–H and O–H groups in total. The molecule has 2 bridgehead atoms. The van der Waals surface area contributed by atoms with Crippen LogP contribution >= 0.6 is 34.4 Å². The van der Waals surface area contributed by atoms with E-state index in [0.717, 1.165) is 16.5 Å². The maximum atomic E-state index is 14.4. The molecule has 2 saturated heterocycles. The van der Waals surface area contributed by atoms with Crippen LogP contribution in [0.2, 0.25) is 0 Å². The molecule has 2 aliphatic heterocycles. The molecule has 1 aromatic heterocycles. The summed E-state index contributed by atoms with van der Waals surface area (Å²) in [4.78, 5) is 89.7. The molecule has 2 aliphatic rings. The highest BCUT2D eigenvalue weighted by atomic mass is 127. The second-order valence-corrected chi connectivity index (χ2v) is 22.3. The van der Waals surface area contributed by atoms with Gasteiger partial charge in [-0.15, -0.1) is 17.3 Å². The van der Waals surface area contributed by atoms with Crippen molar-refractivity contribution in [2.24, 2.45) is 23.7 Å². The topological polar surface area (TPSA) is 201 Å². The molecule has 2 fully saturated rings. The molecule has 16 heteroatoms. The molecule has 10 unspecified atom stereocenters. The highest BCUT2D eigenvalue weighted by Crippen LogP contribution is 2.40. The van der Waals surface area contributed by atoms with Crippen molar-refractivity contribution in [3.8, 4) is 0 Å². The SMILES string of the molecule is CCC(C)C1CC(=O)NC(Cc2c[n-]c3ccccc23)C(=O)NC(CC(C)C)C(=O)NC(C(C)C)C(=O)NC(CC(C)I)C(=O)NC(C(C)C)C2NC(C(=O)N1)C(C)(C)S2. The van der Waals surface area contributed by atoms with Crippen molar-refractivity contribution < 1.29 is 28.8 Å². The molecular formula is C44H68IN8O6S-. The normalized spacial score (nSPS) is 28.9. The fourth-order valence-electron chi connectivity index (χ4n) is 7.87. The Labute approximate surface area is 374 Å². The summed E-state index contributed by atoms with van der Waals surface area (Å²) in [5.41, 5.74) is 1.50. The summed E-state index contributed by atoms with van der Waals surface area (Å²) in [5, 5.41) is 22.1. The number of rotatable bonds is 10. The fraction of sp³-hybridized carbons (Fsp3) is 0.682. The van der Waals surface area contributed by atoms with Gasteiger partial charge in [-0.1, -0.05) is 121 Å². The van der Waals surface area contributed by atoms with Crippen LogP contribution in [0.4, 0.5) is 0 Å². The van der Waals surface area contributed by atoms with Gasteiger partial charge in [0, 0.05) is 27.6 Å². The zero-order chi connectivity index (χ0) is 44.6. The monoisotopic (exact) mass is 963 g/mol. The van der Waals surface area contributed by atoms with E-state index in [4.69, 9.17) is 0 Å². The van der Waals surface area contributed by atoms with Crippen LogP contribution in [0.15, 0.2) is 30.5 Å². The molecule has 0 radical (unpaired) electrons.